The molecule has 3 amide bonds. The monoisotopic (exact) mass is 423 g/mol. The fraction of sp³-hybridized carbons (Fsp3) is 0.0800. The summed E-state index contributed by atoms with van der Waals surface area (Å²) in [5, 5.41) is 16.3. The fourth-order valence-electron chi connectivity index (χ4n) is 3.96. The van der Waals surface area contributed by atoms with Gasteiger partial charge in [-0.25, -0.2) is 4.79 Å². The first-order chi connectivity index (χ1) is 15.6. The van der Waals surface area contributed by atoms with E-state index in [1.807, 2.05) is 72.8 Å². The fourth-order valence-corrected chi connectivity index (χ4v) is 3.96. The summed E-state index contributed by atoms with van der Waals surface area (Å²) >= 11 is 0. The summed E-state index contributed by atoms with van der Waals surface area (Å²) < 4.78 is 0. The predicted molar refractivity (Wildman–Crippen MR) is 124 cm³/mol. The number of carbonyl (C=O) groups is 2. The Labute approximate surface area is 184 Å². The van der Waals surface area contributed by atoms with E-state index in [0.717, 1.165) is 27.6 Å². The van der Waals surface area contributed by atoms with Crippen LogP contribution in [0.2, 0.25) is 0 Å². The summed E-state index contributed by atoms with van der Waals surface area (Å²) in [5.41, 5.74) is 5.52. The predicted octanol–water partition coefficient (Wildman–Crippen LogP) is 4.50. The summed E-state index contributed by atoms with van der Waals surface area (Å²) in [6.07, 6.45) is 1.70. The van der Waals surface area contributed by atoms with E-state index in [1.165, 1.54) is 0 Å². The zero-order chi connectivity index (χ0) is 22.1. The number of aromatic amines is 1. The number of nitrogens with zero attached hydrogens (tertiary/aromatic N) is 1. The van der Waals surface area contributed by atoms with Gasteiger partial charge in [0.25, 0.3) is 5.91 Å². The van der Waals surface area contributed by atoms with Gasteiger partial charge in [-0.3, -0.25) is 9.89 Å². The van der Waals surface area contributed by atoms with Gasteiger partial charge in [0, 0.05) is 16.8 Å². The molecule has 0 aliphatic carbocycles. The molecular formula is C25H21N5O2. The molecule has 0 saturated carbocycles. The summed E-state index contributed by atoms with van der Waals surface area (Å²) in [5.74, 6) is -0.282. The summed E-state index contributed by atoms with van der Waals surface area (Å²) in [6, 6.07) is 22.5. The molecule has 1 aromatic heterocycles. The minimum Gasteiger partial charge on any atom is -0.327 e. The lowest BCUT2D eigenvalue weighted by atomic mass is 9.93. The second-order valence-electron chi connectivity index (χ2n) is 7.68. The van der Waals surface area contributed by atoms with E-state index >= 15 is 0 Å². The van der Waals surface area contributed by atoms with Crippen molar-refractivity contribution in [3.63, 3.8) is 0 Å². The molecule has 1 atom stereocenters. The molecule has 1 unspecified atom stereocenters. The van der Waals surface area contributed by atoms with Crippen molar-refractivity contribution in [1.82, 2.24) is 20.8 Å². The third-order valence-electron chi connectivity index (χ3n) is 5.56. The number of fused-ring (bicyclic) bond motifs is 1. The molecule has 158 valence electrons. The van der Waals surface area contributed by atoms with E-state index in [0.29, 0.717) is 17.0 Å². The second kappa shape index (κ2) is 8.03. The van der Waals surface area contributed by atoms with Gasteiger partial charge >= 0.3 is 6.03 Å². The normalized spacial score (nSPS) is 15.9. The number of urea groups is 1. The number of anilines is 1. The van der Waals surface area contributed by atoms with Crippen molar-refractivity contribution in [1.29, 1.82) is 0 Å². The molecule has 1 aliphatic rings. The van der Waals surface area contributed by atoms with E-state index < -0.39 is 6.04 Å². The zero-order valence-corrected chi connectivity index (χ0v) is 17.3. The number of amides is 3. The average Bonchev–Trinajstić information content (AvgIpc) is 3.27. The average molecular weight is 423 g/mol. The van der Waals surface area contributed by atoms with E-state index in [2.05, 4.69) is 26.1 Å². The summed E-state index contributed by atoms with van der Waals surface area (Å²) in [4.78, 5) is 25.4. The molecule has 5 rings (SSSR count). The Balaban J connectivity index is 1.44. The van der Waals surface area contributed by atoms with Gasteiger partial charge in [0.1, 0.15) is 0 Å². The lowest BCUT2D eigenvalue weighted by Crippen LogP contribution is -2.45. The molecular weight excluding hydrogens is 402 g/mol. The van der Waals surface area contributed by atoms with Crippen LogP contribution in [-0.2, 0) is 4.79 Å². The smallest absolute Gasteiger partial charge is 0.319 e. The van der Waals surface area contributed by atoms with Gasteiger partial charge in [0.05, 0.1) is 23.3 Å². The first-order valence-corrected chi connectivity index (χ1v) is 10.3. The Bertz CT molecular complexity index is 1340. The number of benzene rings is 3. The number of hydrogen-bond donors (Lipinski definition) is 4. The molecule has 4 N–H and O–H groups in total. The number of rotatable bonds is 4. The quantitative estimate of drug-likeness (QED) is 0.389. The van der Waals surface area contributed by atoms with E-state index in [4.69, 9.17) is 0 Å². The van der Waals surface area contributed by atoms with Crippen LogP contribution in [0.5, 0.6) is 0 Å². The Kier molecular flexibility index (Phi) is 4.91. The molecule has 2 heterocycles. The Morgan fingerprint density at radius 3 is 2.50 bits per heavy atom. The van der Waals surface area contributed by atoms with E-state index in [-0.39, 0.29) is 11.9 Å². The van der Waals surface area contributed by atoms with Crippen molar-refractivity contribution >= 4 is 28.5 Å². The zero-order valence-electron chi connectivity index (χ0n) is 17.3. The number of allylic oxidation sites excluding steroid dienone is 1. The molecule has 0 spiro atoms. The first kappa shape index (κ1) is 19.6. The third-order valence-corrected chi connectivity index (χ3v) is 5.56. The van der Waals surface area contributed by atoms with Crippen LogP contribution < -0.4 is 16.0 Å². The standard InChI is InChI=1S/C25H21N5O2/c1-15-22(24(31)28-20-11-12-21-19(13-20)14-26-30-21)23(29-25(32)27-15)18-9-7-17(8-10-18)16-5-3-2-4-6-16/h2-14,23H,1H3,(H,26,30)(H,28,31)(H2,27,29,32). The van der Waals surface area contributed by atoms with Crippen molar-refractivity contribution in [2.24, 2.45) is 0 Å². The van der Waals surface area contributed by atoms with Crippen molar-refractivity contribution in [2.45, 2.75) is 13.0 Å². The van der Waals surface area contributed by atoms with E-state index in [1.54, 1.807) is 13.1 Å². The molecule has 0 fully saturated rings. The second-order valence-corrected chi connectivity index (χ2v) is 7.68. The lowest BCUT2D eigenvalue weighted by molar-refractivity contribution is -0.113. The van der Waals surface area contributed by atoms with Crippen LogP contribution >= 0.6 is 0 Å². The number of hydrogen-bond acceptors (Lipinski definition) is 3. The maximum absolute atomic E-state index is 13.2. The van der Waals surface area contributed by atoms with Crippen molar-refractivity contribution in [2.75, 3.05) is 5.32 Å². The highest BCUT2D eigenvalue weighted by molar-refractivity contribution is 6.07. The van der Waals surface area contributed by atoms with Crippen LogP contribution in [0.3, 0.4) is 0 Å². The Morgan fingerprint density at radius 2 is 1.72 bits per heavy atom. The number of H-pyrrole nitrogens is 1. The van der Waals surface area contributed by atoms with Gasteiger partial charge in [0.2, 0.25) is 0 Å². The van der Waals surface area contributed by atoms with Gasteiger partial charge < -0.3 is 16.0 Å². The molecule has 3 aromatic carbocycles. The highest BCUT2D eigenvalue weighted by Crippen LogP contribution is 2.30. The lowest BCUT2D eigenvalue weighted by Gasteiger charge is -2.28. The van der Waals surface area contributed by atoms with E-state index in [9.17, 15) is 9.59 Å². The van der Waals surface area contributed by atoms with Crippen molar-refractivity contribution < 1.29 is 9.59 Å². The number of aromatic nitrogens is 2. The van der Waals surface area contributed by atoms with Crippen LogP contribution in [0, 0.1) is 0 Å². The van der Waals surface area contributed by atoms with Gasteiger partial charge in [-0.05, 0) is 41.8 Å². The van der Waals surface area contributed by atoms with Crippen molar-refractivity contribution in [3.05, 3.63) is 95.8 Å². The minimum absolute atomic E-state index is 0.282. The highest BCUT2D eigenvalue weighted by Gasteiger charge is 2.31. The van der Waals surface area contributed by atoms with Gasteiger partial charge in [-0.2, -0.15) is 5.10 Å². The topological polar surface area (TPSA) is 98.9 Å². The van der Waals surface area contributed by atoms with Crippen LogP contribution in [-0.4, -0.2) is 22.1 Å². The summed E-state index contributed by atoms with van der Waals surface area (Å²) in [6.45, 7) is 1.73. The molecule has 0 saturated heterocycles. The van der Waals surface area contributed by atoms with Crippen LogP contribution in [0.1, 0.15) is 18.5 Å². The van der Waals surface area contributed by atoms with Crippen LogP contribution in [0.25, 0.3) is 22.0 Å². The van der Waals surface area contributed by atoms with Crippen LogP contribution in [0.4, 0.5) is 10.5 Å². The molecule has 4 aromatic rings. The van der Waals surface area contributed by atoms with Crippen molar-refractivity contribution in [3.8, 4) is 11.1 Å². The number of nitrogens with one attached hydrogen (secondary N) is 4. The maximum Gasteiger partial charge on any atom is 0.319 e. The summed E-state index contributed by atoms with van der Waals surface area (Å²) in [7, 11) is 0. The third kappa shape index (κ3) is 3.72. The minimum atomic E-state index is -0.564. The molecule has 32 heavy (non-hydrogen) atoms. The molecule has 1 aliphatic heterocycles. The molecule has 0 bridgehead atoms. The Hall–Kier alpha value is -4.39. The SMILES string of the molecule is CC1=C(C(=O)Nc2ccc3[nH]ncc3c2)C(c2ccc(-c3ccccc3)cc2)NC(=O)N1. The van der Waals surface area contributed by atoms with Crippen LogP contribution in [0.15, 0.2) is 90.3 Å². The molecule has 0 radical (unpaired) electrons. The number of carbonyl (C=O) groups excluding carboxylic acids is 2. The first-order valence-electron chi connectivity index (χ1n) is 10.3. The molecule has 7 heteroatoms. The van der Waals surface area contributed by atoms with Gasteiger partial charge in [-0.15, -0.1) is 0 Å². The maximum atomic E-state index is 13.2. The van der Waals surface area contributed by atoms with Gasteiger partial charge in [0.15, 0.2) is 0 Å². The Morgan fingerprint density at radius 1 is 0.969 bits per heavy atom. The van der Waals surface area contributed by atoms with Gasteiger partial charge in [-0.1, -0.05) is 54.6 Å². The highest BCUT2D eigenvalue weighted by atomic mass is 16.2. The molecule has 7 nitrogen and oxygen atoms in total. The largest absolute Gasteiger partial charge is 0.327 e.